The molecule has 0 fully saturated rings. The van der Waals surface area contributed by atoms with Gasteiger partial charge in [0.2, 0.25) is 0 Å². The average Bonchev–Trinajstić information content (AvgIpc) is 2.85. The lowest BCUT2D eigenvalue weighted by Crippen LogP contribution is -1.88. The van der Waals surface area contributed by atoms with Gasteiger partial charge in [-0.05, 0) is 23.8 Å². The fraction of sp³-hybridized carbons (Fsp3) is 0. The van der Waals surface area contributed by atoms with Crippen LogP contribution in [-0.2, 0) is 0 Å². The highest BCUT2D eigenvalue weighted by Gasteiger charge is 2.13. The number of carbonyl (C=O) groups is 1. The normalized spacial score (nSPS) is 10.6. The van der Waals surface area contributed by atoms with E-state index in [0.29, 0.717) is 5.69 Å². The van der Waals surface area contributed by atoms with Crippen LogP contribution in [0, 0.1) is 10.1 Å². The Bertz CT molecular complexity index is 804. The minimum Gasteiger partial charge on any atom is -0.352 e. The molecule has 3 aromatic rings. The topological polar surface area (TPSA) is 76.0 Å². The molecule has 0 unspecified atom stereocenters. The van der Waals surface area contributed by atoms with Crippen LogP contribution < -0.4 is 0 Å². The van der Waals surface area contributed by atoms with Crippen molar-refractivity contribution in [1.29, 1.82) is 0 Å². The predicted octanol–water partition coefficient (Wildman–Crippen LogP) is 3.56. The number of nitro benzene ring substituents is 1. The molecule has 98 valence electrons. The second kappa shape index (κ2) is 4.62. The number of rotatable bonds is 3. The van der Waals surface area contributed by atoms with Gasteiger partial charge in [-0.1, -0.05) is 18.2 Å². The van der Waals surface area contributed by atoms with Gasteiger partial charge in [-0.3, -0.25) is 14.9 Å². The first-order chi connectivity index (χ1) is 9.70. The highest BCUT2D eigenvalue weighted by Crippen LogP contribution is 2.32. The van der Waals surface area contributed by atoms with Crippen LogP contribution in [0.25, 0.3) is 22.0 Å². The molecular weight excluding hydrogens is 256 g/mol. The van der Waals surface area contributed by atoms with E-state index in [0.717, 1.165) is 28.3 Å². The van der Waals surface area contributed by atoms with Gasteiger partial charge in [0.1, 0.15) is 0 Å². The summed E-state index contributed by atoms with van der Waals surface area (Å²) in [4.78, 5) is 24.5. The number of aldehydes is 1. The monoisotopic (exact) mass is 266 g/mol. The Morgan fingerprint density at radius 2 is 1.75 bits per heavy atom. The summed E-state index contributed by atoms with van der Waals surface area (Å²) < 4.78 is 0. The third-order valence-corrected chi connectivity index (χ3v) is 3.22. The molecule has 0 saturated heterocycles. The molecule has 0 saturated carbocycles. The molecule has 5 nitrogen and oxygen atoms in total. The molecule has 0 bridgehead atoms. The molecule has 0 atom stereocenters. The van der Waals surface area contributed by atoms with Gasteiger partial charge in [-0.2, -0.15) is 0 Å². The molecular formula is C15H10N2O3. The van der Waals surface area contributed by atoms with Gasteiger partial charge >= 0.3 is 0 Å². The number of non-ortho nitro benzene ring substituents is 1. The molecule has 1 N–H and O–H groups in total. The zero-order valence-electron chi connectivity index (χ0n) is 10.4. The van der Waals surface area contributed by atoms with Gasteiger partial charge < -0.3 is 4.98 Å². The van der Waals surface area contributed by atoms with E-state index in [-0.39, 0.29) is 5.69 Å². The number of hydrogen-bond donors (Lipinski definition) is 1. The third kappa shape index (κ3) is 1.85. The van der Waals surface area contributed by atoms with Crippen molar-refractivity contribution < 1.29 is 9.72 Å². The number of aromatic nitrogens is 1. The Labute approximate surface area is 114 Å². The molecule has 0 radical (unpaired) electrons. The number of para-hydroxylation sites is 1. The average molecular weight is 266 g/mol. The minimum absolute atomic E-state index is 0.0289. The quantitative estimate of drug-likeness (QED) is 0.447. The second-order valence-electron chi connectivity index (χ2n) is 4.38. The first-order valence-corrected chi connectivity index (χ1v) is 6.01. The lowest BCUT2D eigenvalue weighted by molar-refractivity contribution is -0.384. The van der Waals surface area contributed by atoms with Crippen molar-refractivity contribution in [1.82, 2.24) is 4.98 Å². The highest BCUT2D eigenvalue weighted by atomic mass is 16.6. The third-order valence-electron chi connectivity index (χ3n) is 3.22. The van der Waals surface area contributed by atoms with Gasteiger partial charge in [0, 0.05) is 28.6 Å². The molecule has 2 aromatic carbocycles. The van der Waals surface area contributed by atoms with Crippen LogP contribution in [0.5, 0.6) is 0 Å². The summed E-state index contributed by atoms with van der Waals surface area (Å²) in [7, 11) is 0. The molecule has 5 heteroatoms. The summed E-state index contributed by atoms with van der Waals surface area (Å²) in [6, 6.07) is 13.7. The highest BCUT2D eigenvalue weighted by molar-refractivity contribution is 6.04. The van der Waals surface area contributed by atoms with Crippen molar-refractivity contribution in [3.8, 4) is 11.1 Å². The van der Waals surface area contributed by atoms with Crippen LogP contribution in [0.1, 0.15) is 10.5 Å². The van der Waals surface area contributed by atoms with E-state index in [4.69, 9.17) is 0 Å². The van der Waals surface area contributed by atoms with Gasteiger partial charge in [-0.15, -0.1) is 0 Å². The minimum atomic E-state index is -0.445. The number of nitrogens with zero attached hydrogens (tertiary/aromatic N) is 1. The van der Waals surface area contributed by atoms with E-state index in [1.165, 1.54) is 12.1 Å². The van der Waals surface area contributed by atoms with Gasteiger partial charge in [-0.25, -0.2) is 0 Å². The number of carbonyl (C=O) groups excluding carboxylic acids is 1. The lowest BCUT2D eigenvalue weighted by Gasteiger charge is -2.01. The molecule has 0 aliphatic rings. The second-order valence-corrected chi connectivity index (χ2v) is 4.38. The van der Waals surface area contributed by atoms with E-state index in [2.05, 4.69) is 4.98 Å². The Balaban J connectivity index is 2.22. The number of nitro groups is 1. The number of benzene rings is 2. The zero-order valence-corrected chi connectivity index (χ0v) is 10.4. The SMILES string of the molecule is O=Cc1[nH]c2ccccc2c1-c1ccc([N+](=O)[O-])cc1. The summed E-state index contributed by atoms with van der Waals surface area (Å²) in [5.74, 6) is 0. The van der Waals surface area contributed by atoms with E-state index in [1.54, 1.807) is 12.1 Å². The maximum Gasteiger partial charge on any atom is 0.269 e. The van der Waals surface area contributed by atoms with Crippen LogP contribution in [0.3, 0.4) is 0 Å². The Morgan fingerprint density at radius 3 is 2.40 bits per heavy atom. The fourth-order valence-corrected chi connectivity index (χ4v) is 2.31. The molecule has 3 rings (SSSR count). The summed E-state index contributed by atoms with van der Waals surface area (Å²) >= 11 is 0. The Hall–Kier alpha value is -2.95. The van der Waals surface area contributed by atoms with Crippen LogP contribution in [-0.4, -0.2) is 16.2 Å². The molecule has 0 amide bonds. The predicted molar refractivity (Wildman–Crippen MR) is 75.8 cm³/mol. The molecule has 1 heterocycles. The summed E-state index contributed by atoms with van der Waals surface area (Å²) in [6.07, 6.45) is 0.761. The number of aromatic amines is 1. The van der Waals surface area contributed by atoms with E-state index >= 15 is 0 Å². The van der Waals surface area contributed by atoms with Crippen molar-refractivity contribution in [3.63, 3.8) is 0 Å². The molecule has 0 aliphatic carbocycles. The van der Waals surface area contributed by atoms with E-state index in [1.807, 2.05) is 24.3 Å². The van der Waals surface area contributed by atoms with Gasteiger partial charge in [0.25, 0.3) is 5.69 Å². The maximum atomic E-state index is 11.2. The van der Waals surface area contributed by atoms with Gasteiger partial charge in [0.15, 0.2) is 6.29 Å². The van der Waals surface area contributed by atoms with E-state index in [9.17, 15) is 14.9 Å². The van der Waals surface area contributed by atoms with Crippen molar-refractivity contribution in [2.45, 2.75) is 0 Å². The number of H-pyrrole nitrogens is 1. The Kier molecular flexibility index (Phi) is 2.80. The first kappa shape index (κ1) is 12.1. The fourth-order valence-electron chi connectivity index (χ4n) is 2.31. The van der Waals surface area contributed by atoms with Crippen molar-refractivity contribution >= 4 is 22.9 Å². The standard InChI is InChI=1S/C15H10N2O3/c18-9-14-15(12-3-1-2-4-13(12)16-14)10-5-7-11(8-6-10)17(19)20/h1-9,16H. The van der Waals surface area contributed by atoms with Crippen molar-refractivity contribution in [3.05, 3.63) is 64.3 Å². The van der Waals surface area contributed by atoms with Crippen LogP contribution >= 0.6 is 0 Å². The summed E-state index contributed by atoms with van der Waals surface area (Å²) in [5.41, 5.74) is 2.91. The van der Waals surface area contributed by atoms with Crippen molar-refractivity contribution in [2.24, 2.45) is 0 Å². The molecule has 0 spiro atoms. The molecule has 20 heavy (non-hydrogen) atoms. The first-order valence-electron chi connectivity index (χ1n) is 6.01. The number of fused-ring (bicyclic) bond motifs is 1. The smallest absolute Gasteiger partial charge is 0.269 e. The van der Waals surface area contributed by atoms with Crippen LogP contribution in [0.2, 0.25) is 0 Å². The summed E-state index contributed by atoms with van der Waals surface area (Å²) in [6.45, 7) is 0. The largest absolute Gasteiger partial charge is 0.352 e. The Morgan fingerprint density at radius 1 is 1.05 bits per heavy atom. The maximum absolute atomic E-state index is 11.2. The van der Waals surface area contributed by atoms with E-state index < -0.39 is 4.92 Å². The summed E-state index contributed by atoms with van der Waals surface area (Å²) in [5, 5.41) is 11.6. The van der Waals surface area contributed by atoms with Crippen molar-refractivity contribution in [2.75, 3.05) is 0 Å². The lowest BCUT2D eigenvalue weighted by atomic mass is 10.0. The van der Waals surface area contributed by atoms with Crippen LogP contribution in [0.4, 0.5) is 5.69 Å². The molecule has 1 aromatic heterocycles. The zero-order chi connectivity index (χ0) is 14.1. The molecule has 0 aliphatic heterocycles. The van der Waals surface area contributed by atoms with Crippen LogP contribution in [0.15, 0.2) is 48.5 Å². The number of nitrogens with one attached hydrogen (secondary N) is 1. The number of hydrogen-bond acceptors (Lipinski definition) is 3. The van der Waals surface area contributed by atoms with Gasteiger partial charge in [0.05, 0.1) is 10.6 Å².